The third kappa shape index (κ3) is 5.53. The molecule has 1 rings (SSSR count). The van der Waals surface area contributed by atoms with Crippen LogP contribution in [-0.2, 0) is 21.3 Å². The molecule has 0 spiro atoms. The molecule has 0 aromatic carbocycles. The number of ether oxygens (including phenoxy) is 1. The summed E-state index contributed by atoms with van der Waals surface area (Å²) in [6, 6.07) is 1.50. The highest BCUT2D eigenvalue weighted by molar-refractivity contribution is 9.10. The van der Waals surface area contributed by atoms with Crippen molar-refractivity contribution in [3.63, 3.8) is 0 Å². The van der Waals surface area contributed by atoms with Gasteiger partial charge in [-0.2, -0.15) is 0 Å². The van der Waals surface area contributed by atoms with Gasteiger partial charge in [0.05, 0.1) is 13.2 Å². The van der Waals surface area contributed by atoms with Crippen LogP contribution in [0.5, 0.6) is 0 Å². The van der Waals surface area contributed by atoms with Crippen LogP contribution in [0.25, 0.3) is 0 Å². The summed E-state index contributed by atoms with van der Waals surface area (Å²) in [4.78, 5) is 0.108. The Hall–Kier alpha value is -0.410. The normalized spacial score (nSPS) is 11.9. The van der Waals surface area contributed by atoms with Gasteiger partial charge in [-0.1, -0.05) is 13.3 Å². The molecule has 0 atom stereocenters. The van der Waals surface area contributed by atoms with E-state index < -0.39 is 10.0 Å². The van der Waals surface area contributed by atoms with Crippen LogP contribution < -0.4 is 10.0 Å². The first-order chi connectivity index (χ1) is 9.51. The molecule has 0 aliphatic heterocycles. The van der Waals surface area contributed by atoms with Crippen molar-refractivity contribution in [3.05, 3.63) is 16.5 Å². The number of hydrogen-bond acceptors (Lipinski definition) is 5. The molecule has 1 heterocycles. The maximum Gasteiger partial charge on any atom is 0.245 e. The van der Waals surface area contributed by atoms with E-state index in [1.807, 2.05) is 0 Å². The van der Waals surface area contributed by atoms with Crippen LogP contribution in [0, 0.1) is 0 Å². The molecule has 0 fully saturated rings. The zero-order valence-corrected chi connectivity index (χ0v) is 14.1. The fraction of sp³-hybridized carbons (Fsp3) is 0.667. The van der Waals surface area contributed by atoms with Crippen LogP contribution in [0.2, 0.25) is 0 Å². The molecule has 20 heavy (non-hydrogen) atoms. The molecule has 0 saturated heterocycles. The van der Waals surface area contributed by atoms with E-state index in [1.165, 1.54) is 6.07 Å². The minimum Gasteiger partial charge on any atom is -0.452 e. The van der Waals surface area contributed by atoms with E-state index in [0.717, 1.165) is 12.8 Å². The predicted molar refractivity (Wildman–Crippen MR) is 80.1 cm³/mol. The molecule has 0 aliphatic rings. The van der Waals surface area contributed by atoms with Gasteiger partial charge >= 0.3 is 0 Å². The fourth-order valence-electron chi connectivity index (χ4n) is 1.52. The smallest absolute Gasteiger partial charge is 0.245 e. The molecule has 8 heteroatoms. The second kappa shape index (κ2) is 8.78. The van der Waals surface area contributed by atoms with Crippen molar-refractivity contribution in [2.75, 3.05) is 26.8 Å². The van der Waals surface area contributed by atoms with Crippen LogP contribution in [0.1, 0.15) is 25.5 Å². The van der Waals surface area contributed by atoms with Crippen molar-refractivity contribution >= 4 is 26.0 Å². The summed E-state index contributed by atoms with van der Waals surface area (Å²) in [7, 11) is -1.82. The molecule has 1 aromatic rings. The molecule has 2 N–H and O–H groups in total. The summed E-state index contributed by atoms with van der Waals surface area (Å²) in [5, 5.41) is 2.90. The number of hydrogen-bond donors (Lipinski definition) is 2. The molecule has 6 nitrogen and oxygen atoms in total. The standard InChI is InChI=1S/C12H21BrN2O4S/c1-3-4-6-18-7-5-15-20(16,17)11-8-10(9-14-2)19-12(11)13/h8,14-15H,3-7,9H2,1-2H3. The van der Waals surface area contributed by atoms with Gasteiger partial charge in [-0.25, -0.2) is 13.1 Å². The molecule has 0 saturated carbocycles. The van der Waals surface area contributed by atoms with Crippen LogP contribution in [0.4, 0.5) is 0 Å². The van der Waals surface area contributed by atoms with E-state index in [4.69, 9.17) is 9.15 Å². The number of nitrogens with one attached hydrogen (secondary N) is 2. The van der Waals surface area contributed by atoms with Crippen LogP contribution in [-0.4, -0.2) is 35.2 Å². The summed E-state index contributed by atoms with van der Waals surface area (Å²) in [6.45, 7) is 3.79. The molecule has 0 radical (unpaired) electrons. The first-order valence-electron chi connectivity index (χ1n) is 6.51. The average Bonchev–Trinajstić information content (AvgIpc) is 2.76. The Morgan fingerprint density at radius 3 is 2.80 bits per heavy atom. The van der Waals surface area contributed by atoms with E-state index in [0.29, 0.717) is 25.5 Å². The maximum absolute atomic E-state index is 12.1. The second-order valence-corrected chi connectivity index (χ2v) is 6.70. The third-order valence-electron chi connectivity index (χ3n) is 2.53. The zero-order valence-electron chi connectivity index (χ0n) is 11.7. The topological polar surface area (TPSA) is 80.6 Å². The summed E-state index contributed by atoms with van der Waals surface area (Å²) >= 11 is 3.12. The largest absolute Gasteiger partial charge is 0.452 e. The maximum atomic E-state index is 12.1. The molecule has 0 aliphatic carbocycles. The van der Waals surface area contributed by atoms with Crippen molar-refractivity contribution in [2.24, 2.45) is 0 Å². The van der Waals surface area contributed by atoms with Crippen LogP contribution >= 0.6 is 15.9 Å². The number of rotatable bonds is 10. The van der Waals surface area contributed by atoms with Gasteiger partial charge in [0.15, 0.2) is 4.67 Å². The third-order valence-corrected chi connectivity index (χ3v) is 4.85. The van der Waals surface area contributed by atoms with Crippen molar-refractivity contribution in [1.82, 2.24) is 10.0 Å². The lowest BCUT2D eigenvalue weighted by molar-refractivity contribution is 0.136. The zero-order chi connectivity index (χ0) is 15.0. The van der Waals surface area contributed by atoms with E-state index in [9.17, 15) is 8.42 Å². The van der Waals surface area contributed by atoms with Crippen molar-refractivity contribution in [2.45, 2.75) is 31.2 Å². The Bertz CT molecular complexity index is 502. The average molecular weight is 369 g/mol. The minimum atomic E-state index is -3.58. The highest BCUT2D eigenvalue weighted by Crippen LogP contribution is 2.25. The number of unbranched alkanes of at least 4 members (excludes halogenated alkanes) is 1. The Morgan fingerprint density at radius 1 is 1.40 bits per heavy atom. The molecule has 0 unspecified atom stereocenters. The van der Waals surface area contributed by atoms with Crippen LogP contribution in [0.15, 0.2) is 20.0 Å². The molecule has 1 aromatic heterocycles. The Morgan fingerprint density at radius 2 is 2.15 bits per heavy atom. The van der Waals surface area contributed by atoms with E-state index >= 15 is 0 Å². The van der Waals surface area contributed by atoms with Gasteiger partial charge in [0.1, 0.15) is 10.7 Å². The van der Waals surface area contributed by atoms with Gasteiger partial charge < -0.3 is 14.5 Å². The predicted octanol–water partition coefficient (Wildman–Crippen LogP) is 1.86. The summed E-state index contributed by atoms with van der Waals surface area (Å²) in [5.41, 5.74) is 0. The van der Waals surface area contributed by atoms with Crippen molar-refractivity contribution in [1.29, 1.82) is 0 Å². The number of furan rings is 1. The molecular weight excluding hydrogens is 348 g/mol. The SMILES string of the molecule is CCCCOCCNS(=O)(=O)c1cc(CNC)oc1Br. The monoisotopic (exact) mass is 368 g/mol. The first kappa shape index (κ1) is 17.6. The highest BCUT2D eigenvalue weighted by Gasteiger charge is 2.21. The molecular formula is C12H21BrN2O4S. The van der Waals surface area contributed by atoms with E-state index in [2.05, 4.69) is 32.9 Å². The fourth-order valence-corrected chi connectivity index (χ4v) is 3.53. The first-order valence-corrected chi connectivity index (χ1v) is 8.79. The van der Waals surface area contributed by atoms with Crippen molar-refractivity contribution < 1.29 is 17.6 Å². The van der Waals surface area contributed by atoms with Gasteiger partial charge in [0.25, 0.3) is 0 Å². The molecule has 0 bridgehead atoms. The highest BCUT2D eigenvalue weighted by atomic mass is 79.9. The second-order valence-electron chi connectivity index (χ2n) is 4.24. The van der Waals surface area contributed by atoms with Gasteiger partial charge in [0, 0.05) is 19.2 Å². The van der Waals surface area contributed by atoms with Crippen molar-refractivity contribution in [3.8, 4) is 0 Å². The lowest BCUT2D eigenvalue weighted by Crippen LogP contribution is -2.27. The van der Waals surface area contributed by atoms with Gasteiger partial charge in [-0.05, 0) is 29.4 Å². The van der Waals surface area contributed by atoms with Gasteiger partial charge in [-0.15, -0.1) is 0 Å². The minimum absolute atomic E-state index is 0.108. The molecule has 116 valence electrons. The van der Waals surface area contributed by atoms with Gasteiger partial charge in [0.2, 0.25) is 10.0 Å². The summed E-state index contributed by atoms with van der Waals surface area (Å²) < 4.78 is 37.5. The quantitative estimate of drug-likeness (QED) is 0.616. The van der Waals surface area contributed by atoms with Gasteiger partial charge in [-0.3, -0.25) is 0 Å². The lowest BCUT2D eigenvalue weighted by atomic mass is 10.4. The van der Waals surface area contributed by atoms with E-state index in [-0.39, 0.29) is 16.1 Å². The Labute approximate surface area is 128 Å². The Balaban J connectivity index is 2.51. The number of sulfonamides is 1. The molecule has 0 amide bonds. The summed E-state index contributed by atoms with van der Waals surface area (Å²) in [6.07, 6.45) is 2.04. The van der Waals surface area contributed by atoms with E-state index in [1.54, 1.807) is 7.05 Å². The van der Waals surface area contributed by atoms with Crippen LogP contribution in [0.3, 0.4) is 0 Å². The Kier molecular flexibility index (Phi) is 7.75. The lowest BCUT2D eigenvalue weighted by Gasteiger charge is -2.06. The number of halogens is 1. The summed E-state index contributed by atoms with van der Waals surface area (Å²) in [5.74, 6) is 0.555.